The second-order valence-electron chi connectivity index (χ2n) is 7.26. The fourth-order valence-corrected chi connectivity index (χ4v) is 3.47. The van der Waals surface area contributed by atoms with E-state index in [9.17, 15) is 22.8 Å². The number of pyridine rings is 2. The van der Waals surface area contributed by atoms with E-state index in [4.69, 9.17) is 5.11 Å². The molecule has 2 aromatic heterocycles. The molecule has 0 radical (unpaired) electrons. The van der Waals surface area contributed by atoms with E-state index in [1.807, 2.05) is 0 Å². The van der Waals surface area contributed by atoms with Crippen LogP contribution >= 0.6 is 0 Å². The van der Waals surface area contributed by atoms with Gasteiger partial charge in [0.15, 0.2) is 5.82 Å². The molecule has 1 amide bonds. The molecule has 1 aliphatic rings. The van der Waals surface area contributed by atoms with Crippen molar-refractivity contribution >= 4 is 23.4 Å². The molecule has 1 aliphatic heterocycles. The number of rotatable bonds is 5. The van der Waals surface area contributed by atoms with Gasteiger partial charge in [-0.1, -0.05) is 18.2 Å². The standard InChI is InChI=1S/C22H17F3N4O3/c23-16-4-2-1-3-14(16)15-7-9-26-19(29-10-8-22(24,25)12-29)18(15)28-20(30)13-5-6-17(21(31)32)27-11-13/h1-7,9,11H,8,10,12H2,(H,28,30)(H,31,32). The molecule has 2 N–H and O–H groups in total. The molecule has 0 aliphatic carbocycles. The lowest BCUT2D eigenvalue weighted by atomic mass is 10.0. The summed E-state index contributed by atoms with van der Waals surface area (Å²) in [5.74, 6) is -5.30. The van der Waals surface area contributed by atoms with Gasteiger partial charge in [0.2, 0.25) is 0 Å². The van der Waals surface area contributed by atoms with Crippen LogP contribution in [-0.2, 0) is 0 Å². The van der Waals surface area contributed by atoms with Crippen LogP contribution in [0.3, 0.4) is 0 Å². The number of carbonyl (C=O) groups excluding carboxylic acids is 1. The van der Waals surface area contributed by atoms with Crippen molar-refractivity contribution in [3.05, 3.63) is 71.9 Å². The fourth-order valence-electron chi connectivity index (χ4n) is 3.47. The summed E-state index contributed by atoms with van der Waals surface area (Å²) in [4.78, 5) is 33.1. The lowest BCUT2D eigenvalue weighted by Gasteiger charge is -2.23. The van der Waals surface area contributed by atoms with Crippen molar-refractivity contribution in [1.82, 2.24) is 9.97 Å². The first kappa shape index (κ1) is 21.3. The molecule has 7 nitrogen and oxygen atoms in total. The Morgan fingerprint density at radius 3 is 2.47 bits per heavy atom. The third kappa shape index (κ3) is 4.25. The van der Waals surface area contributed by atoms with E-state index in [1.54, 1.807) is 6.07 Å². The second kappa shape index (κ2) is 8.29. The average molecular weight is 442 g/mol. The highest BCUT2D eigenvalue weighted by Gasteiger charge is 2.40. The molecule has 32 heavy (non-hydrogen) atoms. The number of hydrogen-bond acceptors (Lipinski definition) is 5. The SMILES string of the molecule is O=C(Nc1c(-c2ccccc2F)ccnc1N1CCC(F)(F)C1)c1ccc(C(=O)O)nc1. The second-order valence-corrected chi connectivity index (χ2v) is 7.26. The molecule has 0 bridgehead atoms. The molecule has 4 rings (SSSR count). The van der Waals surface area contributed by atoms with Crippen molar-refractivity contribution in [1.29, 1.82) is 0 Å². The molecule has 10 heteroatoms. The molecule has 0 spiro atoms. The van der Waals surface area contributed by atoms with Crippen molar-refractivity contribution < 1.29 is 27.9 Å². The number of carbonyl (C=O) groups is 2. The van der Waals surface area contributed by atoms with E-state index in [1.165, 1.54) is 47.5 Å². The van der Waals surface area contributed by atoms with E-state index in [0.717, 1.165) is 6.20 Å². The summed E-state index contributed by atoms with van der Waals surface area (Å²) in [6.45, 7) is -0.573. The summed E-state index contributed by atoms with van der Waals surface area (Å²) in [5.41, 5.74) is 0.303. The number of benzene rings is 1. The van der Waals surface area contributed by atoms with Crippen LogP contribution in [0.2, 0.25) is 0 Å². The number of nitrogens with one attached hydrogen (secondary N) is 1. The first-order valence-electron chi connectivity index (χ1n) is 9.62. The molecule has 0 saturated carbocycles. The molecule has 3 heterocycles. The minimum absolute atomic E-state index is 0.0124. The van der Waals surface area contributed by atoms with Crippen LogP contribution in [0.25, 0.3) is 11.1 Å². The highest BCUT2D eigenvalue weighted by molar-refractivity contribution is 6.08. The van der Waals surface area contributed by atoms with Gasteiger partial charge in [0.05, 0.1) is 17.8 Å². The number of alkyl halides is 2. The molecular weight excluding hydrogens is 425 g/mol. The third-order valence-corrected chi connectivity index (χ3v) is 5.05. The van der Waals surface area contributed by atoms with Crippen LogP contribution in [0.15, 0.2) is 54.9 Å². The molecule has 0 atom stereocenters. The number of hydrogen-bond donors (Lipinski definition) is 2. The maximum Gasteiger partial charge on any atom is 0.354 e. The van der Waals surface area contributed by atoms with Gasteiger partial charge >= 0.3 is 5.97 Å². The number of carboxylic acid groups (broad SMARTS) is 1. The van der Waals surface area contributed by atoms with Crippen LogP contribution in [0.1, 0.15) is 27.3 Å². The maximum atomic E-state index is 14.5. The highest BCUT2D eigenvalue weighted by Crippen LogP contribution is 2.39. The van der Waals surface area contributed by atoms with Crippen molar-refractivity contribution in [3.8, 4) is 11.1 Å². The minimum Gasteiger partial charge on any atom is -0.477 e. The van der Waals surface area contributed by atoms with Crippen LogP contribution in [0, 0.1) is 5.82 Å². The summed E-state index contributed by atoms with van der Waals surface area (Å²) in [5, 5.41) is 11.6. The van der Waals surface area contributed by atoms with E-state index in [0.29, 0.717) is 0 Å². The van der Waals surface area contributed by atoms with Crippen molar-refractivity contribution in [3.63, 3.8) is 0 Å². The Hall–Kier alpha value is -3.95. The fraction of sp³-hybridized carbons (Fsp3) is 0.182. The van der Waals surface area contributed by atoms with Crippen molar-refractivity contribution in [2.75, 3.05) is 23.3 Å². The van der Waals surface area contributed by atoms with Gasteiger partial charge in [0.1, 0.15) is 11.5 Å². The summed E-state index contributed by atoms with van der Waals surface area (Å²) in [6, 6.07) is 9.80. The zero-order valence-corrected chi connectivity index (χ0v) is 16.6. The molecule has 1 fully saturated rings. The lowest BCUT2D eigenvalue weighted by Crippen LogP contribution is -2.27. The van der Waals surface area contributed by atoms with Gasteiger partial charge in [0.25, 0.3) is 11.8 Å². The quantitative estimate of drug-likeness (QED) is 0.618. The van der Waals surface area contributed by atoms with Gasteiger partial charge in [-0.05, 0) is 24.3 Å². The Morgan fingerprint density at radius 1 is 1.06 bits per heavy atom. The zero-order valence-electron chi connectivity index (χ0n) is 16.6. The lowest BCUT2D eigenvalue weighted by molar-refractivity contribution is 0.0256. The summed E-state index contributed by atoms with van der Waals surface area (Å²) in [7, 11) is 0. The summed E-state index contributed by atoms with van der Waals surface area (Å²) >= 11 is 0. The van der Waals surface area contributed by atoms with Gasteiger partial charge < -0.3 is 15.3 Å². The molecule has 1 aromatic carbocycles. The summed E-state index contributed by atoms with van der Waals surface area (Å²) in [6.07, 6.45) is 2.08. The minimum atomic E-state index is -2.91. The molecular formula is C22H17F3N4O3. The largest absolute Gasteiger partial charge is 0.477 e. The number of aromatic carboxylic acids is 1. The first-order valence-corrected chi connectivity index (χ1v) is 9.62. The van der Waals surface area contributed by atoms with Crippen LogP contribution in [0.5, 0.6) is 0 Å². The van der Waals surface area contributed by atoms with Gasteiger partial charge in [0, 0.05) is 36.5 Å². The smallest absolute Gasteiger partial charge is 0.354 e. The molecule has 164 valence electrons. The Kier molecular flexibility index (Phi) is 5.52. The van der Waals surface area contributed by atoms with Crippen LogP contribution in [0.4, 0.5) is 24.7 Å². The van der Waals surface area contributed by atoms with E-state index >= 15 is 0 Å². The van der Waals surface area contributed by atoms with Gasteiger partial charge in [-0.25, -0.2) is 27.9 Å². The maximum absolute atomic E-state index is 14.5. The van der Waals surface area contributed by atoms with Gasteiger partial charge in [-0.2, -0.15) is 0 Å². The monoisotopic (exact) mass is 442 g/mol. The van der Waals surface area contributed by atoms with E-state index in [2.05, 4.69) is 15.3 Å². The predicted molar refractivity (Wildman–Crippen MR) is 111 cm³/mol. The van der Waals surface area contributed by atoms with Crippen molar-refractivity contribution in [2.24, 2.45) is 0 Å². The summed E-state index contributed by atoms with van der Waals surface area (Å²) < 4.78 is 42.2. The van der Waals surface area contributed by atoms with E-state index < -0.39 is 30.2 Å². The molecule has 0 unspecified atom stereocenters. The number of carboxylic acids is 1. The number of amides is 1. The zero-order chi connectivity index (χ0) is 22.9. The first-order chi connectivity index (χ1) is 15.2. The van der Waals surface area contributed by atoms with Crippen molar-refractivity contribution in [2.45, 2.75) is 12.3 Å². The Bertz CT molecular complexity index is 1190. The molecule has 1 saturated heterocycles. The highest BCUT2D eigenvalue weighted by atomic mass is 19.3. The van der Waals surface area contributed by atoms with Gasteiger partial charge in [-0.15, -0.1) is 0 Å². The van der Waals surface area contributed by atoms with Gasteiger partial charge in [-0.3, -0.25) is 4.79 Å². The number of nitrogens with zero attached hydrogens (tertiary/aromatic N) is 3. The Balaban J connectivity index is 1.76. The normalized spacial score (nSPS) is 14.9. The third-order valence-electron chi connectivity index (χ3n) is 5.05. The number of aromatic nitrogens is 2. The molecule has 3 aromatic rings. The number of anilines is 2. The van der Waals surface area contributed by atoms with Crippen LogP contribution in [-0.4, -0.2) is 46.0 Å². The van der Waals surface area contributed by atoms with E-state index in [-0.39, 0.29) is 46.9 Å². The predicted octanol–water partition coefficient (Wildman–Crippen LogP) is 4.08. The average Bonchev–Trinajstić information content (AvgIpc) is 3.14. The topological polar surface area (TPSA) is 95.4 Å². The van der Waals surface area contributed by atoms with Crippen LogP contribution < -0.4 is 10.2 Å². The Labute approximate surface area is 180 Å². The Morgan fingerprint density at radius 2 is 1.84 bits per heavy atom. The number of halogens is 3.